The molecule has 1 rings (SSSR count). The van der Waals surface area contributed by atoms with Crippen LogP contribution in [-0.4, -0.2) is 22.6 Å². The number of ketones is 2. The second kappa shape index (κ2) is 3.28. The fourth-order valence-corrected chi connectivity index (χ4v) is 1.71. The van der Waals surface area contributed by atoms with Gasteiger partial charge in [0.05, 0.1) is 11.8 Å². The summed E-state index contributed by atoms with van der Waals surface area (Å²) in [6, 6.07) is 0. The van der Waals surface area contributed by atoms with Crippen LogP contribution in [0.2, 0.25) is 0 Å². The van der Waals surface area contributed by atoms with E-state index in [1.54, 1.807) is 6.92 Å². The first kappa shape index (κ1) is 9.89. The molecule has 0 radical (unpaired) electrons. The molecule has 0 aromatic rings. The second-order valence-electron chi connectivity index (χ2n) is 3.55. The van der Waals surface area contributed by atoms with E-state index in [0.29, 0.717) is 6.42 Å². The number of Topliss-reactive ketones (excluding diaryl/α,β-unsaturated/α-hetero) is 2. The third kappa shape index (κ3) is 1.76. The van der Waals surface area contributed by atoms with E-state index >= 15 is 0 Å². The third-order valence-electron chi connectivity index (χ3n) is 2.60. The van der Waals surface area contributed by atoms with Crippen LogP contribution >= 0.6 is 0 Å². The van der Waals surface area contributed by atoms with Crippen molar-refractivity contribution >= 4 is 17.5 Å². The number of carboxylic acids is 1. The Morgan fingerprint density at radius 1 is 1.38 bits per heavy atom. The molecule has 0 atom stereocenters. The number of rotatable bonds is 2. The minimum Gasteiger partial charge on any atom is -0.481 e. The van der Waals surface area contributed by atoms with Crippen LogP contribution < -0.4 is 0 Å². The zero-order valence-electron chi connectivity index (χ0n) is 7.50. The predicted molar refractivity (Wildman–Crippen MR) is 44.2 cm³/mol. The lowest BCUT2D eigenvalue weighted by atomic mass is 9.71. The number of carboxylic acid groups (broad SMARTS) is 1. The molecule has 0 aromatic carbocycles. The van der Waals surface area contributed by atoms with Gasteiger partial charge in [-0.2, -0.15) is 0 Å². The maximum atomic E-state index is 11.1. The Morgan fingerprint density at radius 3 is 2.15 bits per heavy atom. The molecule has 1 fully saturated rings. The van der Waals surface area contributed by atoms with E-state index in [0.717, 1.165) is 0 Å². The Labute approximate surface area is 75.9 Å². The van der Waals surface area contributed by atoms with Crippen molar-refractivity contribution in [2.45, 2.75) is 32.6 Å². The number of hydrogen-bond acceptors (Lipinski definition) is 3. The summed E-state index contributed by atoms with van der Waals surface area (Å²) < 4.78 is 0. The maximum Gasteiger partial charge on any atom is 0.310 e. The van der Waals surface area contributed by atoms with E-state index in [2.05, 4.69) is 0 Å². The molecule has 13 heavy (non-hydrogen) atoms. The van der Waals surface area contributed by atoms with E-state index in [-0.39, 0.29) is 30.8 Å². The van der Waals surface area contributed by atoms with Gasteiger partial charge in [-0.3, -0.25) is 14.4 Å². The molecule has 72 valence electrons. The normalized spacial score (nSPS) is 21.6. The lowest BCUT2D eigenvalue weighted by Gasteiger charge is -2.29. The first-order valence-corrected chi connectivity index (χ1v) is 4.27. The average Bonchev–Trinajstić information content (AvgIpc) is 2.02. The molecular formula is C9H12O4. The molecule has 0 aliphatic heterocycles. The van der Waals surface area contributed by atoms with E-state index in [4.69, 9.17) is 5.11 Å². The Hall–Kier alpha value is -1.19. The van der Waals surface area contributed by atoms with Crippen molar-refractivity contribution in [3.8, 4) is 0 Å². The lowest BCUT2D eigenvalue weighted by molar-refractivity contribution is -0.157. The standard InChI is InChI=1S/C9H12O4/c1-2-9(8(12)13)4-6(10)3-7(11)5-9/h2-5H2,1H3,(H,12,13). The van der Waals surface area contributed by atoms with Crippen LogP contribution in [0.25, 0.3) is 0 Å². The molecule has 4 heteroatoms. The largest absolute Gasteiger partial charge is 0.481 e. The highest BCUT2D eigenvalue weighted by Crippen LogP contribution is 2.36. The molecule has 1 N–H and O–H groups in total. The molecule has 1 aliphatic rings. The highest BCUT2D eigenvalue weighted by Gasteiger charge is 2.44. The molecule has 0 heterocycles. The number of aliphatic carboxylic acids is 1. The highest BCUT2D eigenvalue weighted by molar-refractivity contribution is 6.05. The van der Waals surface area contributed by atoms with Crippen molar-refractivity contribution in [2.24, 2.45) is 5.41 Å². The summed E-state index contributed by atoms with van der Waals surface area (Å²) in [6.07, 6.45) is 0.254. The molecule has 1 aliphatic carbocycles. The number of carbonyl (C=O) groups is 3. The van der Waals surface area contributed by atoms with Gasteiger partial charge in [0, 0.05) is 12.8 Å². The van der Waals surface area contributed by atoms with Crippen LogP contribution in [-0.2, 0) is 14.4 Å². The van der Waals surface area contributed by atoms with Gasteiger partial charge < -0.3 is 5.11 Å². The summed E-state index contributed by atoms with van der Waals surface area (Å²) in [4.78, 5) is 33.0. The minimum absolute atomic E-state index is 0.00454. The number of carbonyl (C=O) groups excluding carboxylic acids is 2. The minimum atomic E-state index is -1.12. The fraction of sp³-hybridized carbons (Fsp3) is 0.667. The van der Waals surface area contributed by atoms with Gasteiger partial charge in [0.25, 0.3) is 0 Å². The van der Waals surface area contributed by atoms with Gasteiger partial charge in [0.15, 0.2) is 0 Å². The Balaban J connectivity index is 2.92. The van der Waals surface area contributed by atoms with Crippen molar-refractivity contribution in [1.82, 2.24) is 0 Å². The first-order valence-electron chi connectivity index (χ1n) is 4.27. The van der Waals surface area contributed by atoms with Crippen molar-refractivity contribution < 1.29 is 19.5 Å². The molecule has 1 saturated carbocycles. The van der Waals surface area contributed by atoms with E-state index in [1.165, 1.54) is 0 Å². The van der Waals surface area contributed by atoms with Crippen molar-refractivity contribution in [2.75, 3.05) is 0 Å². The van der Waals surface area contributed by atoms with Crippen LogP contribution in [0.3, 0.4) is 0 Å². The zero-order chi connectivity index (χ0) is 10.1. The van der Waals surface area contributed by atoms with Crippen LogP contribution in [0.5, 0.6) is 0 Å². The van der Waals surface area contributed by atoms with Gasteiger partial charge in [-0.05, 0) is 6.42 Å². The summed E-state index contributed by atoms with van der Waals surface area (Å²) in [7, 11) is 0. The number of hydrogen-bond donors (Lipinski definition) is 1. The van der Waals surface area contributed by atoms with E-state index in [1.807, 2.05) is 0 Å². The first-order chi connectivity index (χ1) is 6.00. The van der Waals surface area contributed by atoms with Gasteiger partial charge >= 0.3 is 5.97 Å². The second-order valence-corrected chi connectivity index (χ2v) is 3.55. The van der Waals surface area contributed by atoms with E-state index in [9.17, 15) is 14.4 Å². The molecule has 0 bridgehead atoms. The maximum absolute atomic E-state index is 11.1. The topological polar surface area (TPSA) is 71.4 Å². The Bertz CT molecular complexity index is 251. The Morgan fingerprint density at radius 2 is 1.85 bits per heavy atom. The smallest absolute Gasteiger partial charge is 0.310 e. The van der Waals surface area contributed by atoms with Gasteiger partial charge in [-0.15, -0.1) is 0 Å². The lowest BCUT2D eigenvalue weighted by Crippen LogP contribution is -2.39. The van der Waals surface area contributed by atoms with Crippen molar-refractivity contribution in [3.63, 3.8) is 0 Å². The molecule has 4 nitrogen and oxygen atoms in total. The van der Waals surface area contributed by atoms with Gasteiger partial charge in [-0.1, -0.05) is 6.92 Å². The molecular weight excluding hydrogens is 172 g/mol. The van der Waals surface area contributed by atoms with Crippen LogP contribution in [0.1, 0.15) is 32.6 Å². The van der Waals surface area contributed by atoms with Crippen LogP contribution in [0.4, 0.5) is 0 Å². The molecule has 0 amide bonds. The van der Waals surface area contributed by atoms with Crippen LogP contribution in [0.15, 0.2) is 0 Å². The fourth-order valence-electron chi connectivity index (χ4n) is 1.71. The van der Waals surface area contributed by atoms with E-state index < -0.39 is 11.4 Å². The summed E-state index contributed by atoms with van der Waals surface area (Å²) >= 11 is 0. The summed E-state index contributed by atoms with van der Waals surface area (Å²) in [5.41, 5.74) is -1.12. The zero-order valence-corrected chi connectivity index (χ0v) is 7.50. The monoisotopic (exact) mass is 184 g/mol. The quantitative estimate of drug-likeness (QED) is 0.644. The van der Waals surface area contributed by atoms with Crippen LogP contribution in [0, 0.1) is 5.41 Å². The van der Waals surface area contributed by atoms with Gasteiger partial charge in [-0.25, -0.2) is 0 Å². The summed E-state index contributed by atoms with van der Waals surface area (Å²) in [6.45, 7) is 1.69. The summed E-state index contributed by atoms with van der Waals surface area (Å²) in [5, 5.41) is 8.92. The molecule has 0 saturated heterocycles. The third-order valence-corrected chi connectivity index (χ3v) is 2.60. The molecule has 0 aromatic heterocycles. The van der Waals surface area contributed by atoms with Crippen molar-refractivity contribution in [1.29, 1.82) is 0 Å². The summed E-state index contributed by atoms with van der Waals surface area (Å²) in [5.74, 6) is -1.53. The van der Waals surface area contributed by atoms with Gasteiger partial charge in [0.2, 0.25) is 0 Å². The SMILES string of the molecule is CCC1(C(=O)O)CC(=O)CC(=O)C1. The predicted octanol–water partition coefficient (Wildman–Crippen LogP) is 0.789. The van der Waals surface area contributed by atoms with Crippen molar-refractivity contribution in [3.05, 3.63) is 0 Å². The van der Waals surface area contributed by atoms with Gasteiger partial charge in [0.1, 0.15) is 11.6 Å². The molecule has 0 spiro atoms. The highest BCUT2D eigenvalue weighted by atomic mass is 16.4. The Kier molecular flexibility index (Phi) is 2.50. The molecule has 0 unspecified atom stereocenters. The average molecular weight is 184 g/mol.